The summed E-state index contributed by atoms with van der Waals surface area (Å²) in [5, 5.41) is 14.3. The molecule has 1 saturated heterocycles. The first kappa shape index (κ1) is 25.3. The van der Waals surface area contributed by atoms with E-state index in [1.54, 1.807) is 45.0 Å². The summed E-state index contributed by atoms with van der Waals surface area (Å²) >= 11 is 6.11. The normalized spacial score (nSPS) is 17.9. The third-order valence-corrected chi connectivity index (χ3v) is 5.56. The summed E-state index contributed by atoms with van der Waals surface area (Å²) < 4.78 is 0. The summed E-state index contributed by atoms with van der Waals surface area (Å²) in [6, 6.07) is 3.49. The van der Waals surface area contributed by atoms with Crippen molar-refractivity contribution in [3.05, 3.63) is 34.9 Å². The van der Waals surface area contributed by atoms with Crippen LogP contribution in [-0.4, -0.2) is 64.7 Å². The van der Waals surface area contributed by atoms with Crippen LogP contribution < -0.4 is 10.6 Å². The molecule has 0 radical (unpaired) electrons. The number of hydrogen-bond donors (Lipinski definition) is 3. The Morgan fingerprint density at radius 2 is 1.88 bits per heavy atom. The van der Waals surface area contributed by atoms with E-state index in [-0.39, 0.29) is 10.6 Å². The van der Waals surface area contributed by atoms with Gasteiger partial charge in [0, 0.05) is 6.54 Å². The van der Waals surface area contributed by atoms with Gasteiger partial charge >= 0.3 is 5.97 Å². The molecule has 0 spiro atoms. The fraction of sp³-hybridized carbons (Fsp3) is 0.500. The molecule has 0 saturated carbocycles. The Labute approximate surface area is 191 Å². The van der Waals surface area contributed by atoms with Crippen LogP contribution in [0.4, 0.5) is 0 Å². The van der Waals surface area contributed by atoms with Gasteiger partial charge in [0.1, 0.15) is 18.4 Å². The van der Waals surface area contributed by atoms with Crippen molar-refractivity contribution in [2.75, 3.05) is 6.54 Å². The highest BCUT2D eigenvalue weighted by Gasteiger charge is 2.42. The van der Waals surface area contributed by atoms with Crippen molar-refractivity contribution in [1.29, 1.82) is 0 Å². The number of carbonyl (C=O) groups is 5. The number of carboxylic acid groups (broad SMARTS) is 1. The van der Waals surface area contributed by atoms with Crippen LogP contribution in [0.3, 0.4) is 0 Å². The van der Waals surface area contributed by atoms with Gasteiger partial charge in [-0.25, -0.2) is 0 Å². The van der Waals surface area contributed by atoms with Gasteiger partial charge in [0.15, 0.2) is 0 Å². The first-order valence-corrected chi connectivity index (χ1v) is 10.7. The van der Waals surface area contributed by atoms with Crippen molar-refractivity contribution in [3.8, 4) is 0 Å². The second-order valence-electron chi connectivity index (χ2n) is 8.79. The maximum Gasteiger partial charge on any atom is 0.305 e. The van der Waals surface area contributed by atoms with E-state index in [1.165, 1.54) is 4.90 Å². The van der Waals surface area contributed by atoms with Gasteiger partial charge in [-0.2, -0.15) is 0 Å². The minimum absolute atomic E-state index is 0.231. The zero-order chi connectivity index (χ0) is 24.1. The molecule has 10 heteroatoms. The van der Waals surface area contributed by atoms with Gasteiger partial charge in [-0.3, -0.25) is 19.2 Å². The highest BCUT2D eigenvalue weighted by atomic mass is 35.5. The fourth-order valence-electron chi connectivity index (χ4n) is 3.57. The molecule has 2 rings (SSSR count). The number of likely N-dealkylation sites (tertiary alicyclic amines) is 1. The number of halogens is 1. The van der Waals surface area contributed by atoms with Crippen molar-refractivity contribution >= 4 is 41.6 Å². The van der Waals surface area contributed by atoms with E-state index in [9.17, 15) is 24.0 Å². The molecule has 9 nitrogen and oxygen atoms in total. The molecule has 3 N–H and O–H groups in total. The summed E-state index contributed by atoms with van der Waals surface area (Å²) in [6.07, 6.45) is 0.735. The lowest BCUT2D eigenvalue weighted by atomic mass is 9.85. The van der Waals surface area contributed by atoms with E-state index in [0.29, 0.717) is 25.7 Å². The molecule has 0 aromatic heterocycles. The first-order valence-electron chi connectivity index (χ1n) is 10.3. The van der Waals surface area contributed by atoms with E-state index >= 15 is 0 Å². The number of aliphatic carboxylic acids is 1. The Hall–Kier alpha value is -2.94. The Morgan fingerprint density at radius 1 is 1.22 bits per heavy atom. The van der Waals surface area contributed by atoms with E-state index in [4.69, 9.17) is 16.7 Å². The minimum Gasteiger partial charge on any atom is -0.481 e. The quantitative estimate of drug-likeness (QED) is 0.500. The molecule has 3 atom stereocenters. The number of nitrogens with one attached hydrogen (secondary N) is 2. The number of carboxylic acids is 1. The molecule has 0 bridgehead atoms. The number of nitrogens with zero attached hydrogens (tertiary/aromatic N) is 1. The molecule has 1 aliphatic rings. The van der Waals surface area contributed by atoms with E-state index < -0.39 is 53.7 Å². The third-order valence-electron chi connectivity index (χ3n) is 5.23. The van der Waals surface area contributed by atoms with E-state index in [0.717, 1.165) is 0 Å². The van der Waals surface area contributed by atoms with Crippen molar-refractivity contribution < 1.29 is 29.1 Å². The smallest absolute Gasteiger partial charge is 0.305 e. The largest absolute Gasteiger partial charge is 0.481 e. The highest BCUT2D eigenvalue weighted by Crippen LogP contribution is 2.27. The number of benzene rings is 1. The zero-order valence-corrected chi connectivity index (χ0v) is 19.0. The number of carbonyl (C=O) groups excluding carboxylic acids is 4. The second-order valence-corrected chi connectivity index (χ2v) is 9.20. The summed E-state index contributed by atoms with van der Waals surface area (Å²) in [7, 11) is 0. The monoisotopic (exact) mass is 465 g/mol. The molecule has 32 heavy (non-hydrogen) atoms. The molecular weight excluding hydrogens is 438 g/mol. The van der Waals surface area contributed by atoms with Gasteiger partial charge in [-0.05, 0) is 30.4 Å². The lowest BCUT2D eigenvalue weighted by molar-refractivity contribution is -0.143. The maximum absolute atomic E-state index is 13.4. The van der Waals surface area contributed by atoms with Crippen molar-refractivity contribution in [2.24, 2.45) is 5.41 Å². The summed E-state index contributed by atoms with van der Waals surface area (Å²) in [5.74, 6) is -2.76. The lowest BCUT2D eigenvalue weighted by Gasteiger charge is -2.35. The number of hydrogen-bond acceptors (Lipinski definition) is 5. The minimum atomic E-state index is -1.23. The first-order chi connectivity index (χ1) is 15.0. The Bertz CT molecular complexity index is 898. The van der Waals surface area contributed by atoms with Crippen LogP contribution in [-0.2, 0) is 19.2 Å². The fourth-order valence-corrected chi connectivity index (χ4v) is 3.79. The van der Waals surface area contributed by atoms with Gasteiger partial charge in [0.25, 0.3) is 5.91 Å². The van der Waals surface area contributed by atoms with Crippen LogP contribution >= 0.6 is 11.6 Å². The van der Waals surface area contributed by atoms with Gasteiger partial charge in [-0.1, -0.05) is 44.5 Å². The van der Waals surface area contributed by atoms with Gasteiger partial charge in [-0.15, -0.1) is 0 Å². The number of amides is 3. The van der Waals surface area contributed by atoms with Crippen LogP contribution in [0.1, 0.15) is 50.4 Å². The van der Waals surface area contributed by atoms with Crippen LogP contribution in [0.2, 0.25) is 5.02 Å². The molecule has 1 aromatic rings. The van der Waals surface area contributed by atoms with Crippen LogP contribution in [0.25, 0.3) is 0 Å². The average Bonchev–Trinajstić information content (AvgIpc) is 3.20. The van der Waals surface area contributed by atoms with E-state index in [1.807, 2.05) is 0 Å². The predicted molar refractivity (Wildman–Crippen MR) is 117 cm³/mol. The molecule has 0 unspecified atom stereocenters. The van der Waals surface area contributed by atoms with Gasteiger partial charge in [0.05, 0.1) is 23.0 Å². The molecule has 3 amide bonds. The molecule has 1 fully saturated rings. The summed E-state index contributed by atoms with van der Waals surface area (Å²) in [6.45, 7) is 5.69. The van der Waals surface area contributed by atoms with Gasteiger partial charge in [0.2, 0.25) is 11.8 Å². The van der Waals surface area contributed by atoms with Crippen LogP contribution in [0, 0.1) is 5.41 Å². The third kappa shape index (κ3) is 6.29. The molecule has 0 aliphatic carbocycles. The van der Waals surface area contributed by atoms with E-state index in [2.05, 4.69) is 10.6 Å². The molecule has 1 aromatic carbocycles. The SMILES string of the molecule is CC(C)(C)[C@H](NC(=O)c1ccccc1Cl)C(=O)N1CCC[C@H]1C(=O)N[C@H](C=O)CC(=O)O. The van der Waals surface area contributed by atoms with Gasteiger partial charge < -0.3 is 25.4 Å². The van der Waals surface area contributed by atoms with Crippen molar-refractivity contribution in [3.63, 3.8) is 0 Å². The molecule has 174 valence electrons. The Morgan fingerprint density at radius 3 is 2.44 bits per heavy atom. The summed E-state index contributed by atoms with van der Waals surface area (Å²) in [4.78, 5) is 62.3. The summed E-state index contributed by atoms with van der Waals surface area (Å²) in [5.41, 5.74) is -0.443. The Kier molecular flexibility index (Phi) is 8.38. The highest BCUT2D eigenvalue weighted by molar-refractivity contribution is 6.33. The lowest BCUT2D eigenvalue weighted by Crippen LogP contribution is -2.58. The van der Waals surface area contributed by atoms with Crippen molar-refractivity contribution in [2.45, 2.75) is 58.2 Å². The number of aldehydes is 1. The molecular formula is C22H28ClN3O6. The zero-order valence-electron chi connectivity index (χ0n) is 18.3. The van der Waals surface area contributed by atoms with Crippen molar-refractivity contribution in [1.82, 2.24) is 15.5 Å². The topological polar surface area (TPSA) is 133 Å². The van der Waals surface area contributed by atoms with Crippen LogP contribution in [0.15, 0.2) is 24.3 Å². The Balaban J connectivity index is 2.20. The maximum atomic E-state index is 13.4. The molecule has 1 heterocycles. The molecule has 1 aliphatic heterocycles. The predicted octanol–water partition coefficient (Wildman–Crippen LogP) is 1.63. The standard InChI is InChI=1S/C22H28ClN3O6/c1-22(2,3)18(25-19(30)14-7-4-5-8-15(14)23)21(32)26-10-6-9-16(26)20(31)24-13(12-27)11-17(28)29/h4-5,7-8,12-13,16,18H,6,9-11H2,1-3H3,(H,24,31)(H,25,30)(H,28,29)/t13-,16-,18+/m0/s1. The second kappa shape index (κ2) is 10.6. The number of rotatable bonds is 8. The van der Waals surface area contributed by atoms with Crippen LogP contribution in [0.5, 0.6) is 0 Å². The average molecular weight is 466 g/mol.